The van der Waals surface area contributed by atoms with Crippen molar-refractivity contribution in [2.75, 3.05) is 12.3 Å². The van der Waals surface area contributed by atoms with E-state index in [1.165, 1.54) is 12.4 Å². The Morgan fingerprint density at radius 2 is 1.67 bits per heavy atom. The molecular formula is C22H24N4O7. The Labute approximate surface area is 188 Å². The predicted molar refractivity (Wildman–Crippen MR) is 119 cm³/mol. The van der Waals surface area contributed by atoms with Gasteiger partial charge in [0.2, 0.25) is 5.95 Å². The topological polar surface area (TPSA) is 184 Å². The quantitative estimate of drug-likeness (QED) is 0.307. The number of aliphatic hydroxyl groups is 2. The SMILES string of the molecule is Nc1ncn([C@H]2C[C@H](O)[C@@H](CO)O2)c(=O)n1.Oc1ccc(/C=C/c2cc(O)cc(O)c2)cc1. The molecule has 0 aliphatic carbocycles. The van der Waals surface area contributed by atoms with Crippen molar-refractivity contribution in [1.82, 2.24) is 14.5 Å². The van der Waals surface area contributed by atoms with E-state index in [1.807, 2.05) is 6.08 Å². The van der Waals surface area contributed by atoms with Crippen molar-refractivity contribution in [2.24, 2.45) is 0 Å². The molecule has 3 aromatic rings. The highest BCUT2D eigenvalue weighted by molar-refractivity contribution is 5.71. The normalized spacial score (nSPS) is 19.9. The number of anilines is 1. The maximum absolute atomic E-state index is 11.4. The molecule has 1 aliphatic heterocycles. The Morgan fingerprint density at radius 3 is 2.24 bits per heavy atom. The van der Waals surface area contributed by atoms with E-state index in [9.17, 15) is 20.1 Å². The Morgan fingerprint density at radius 1 is 1.03 bits per heavy atom. The fourth-order valence-corrected chi connectivity index (χ4v) is 3.10. The van der Waals surface area contributed by atoms with Gasteiger partial charge in [0.25, 0.3) is 0 Å². The number of hydrogen-bond donors (Lipinski definition) is 6. The fraction of sp³-hybridized carbons (Fsp3) is 0.227. The van der Waals surface area contributed by atoms with Crippen molar-refractivity contribution in [1.29, 1.82) is 0 Å². The van der Waals surface area contributed by atoms with E-state index in [4.69, 9.17) is 20.7 Å². The lowest BCUT2D eigenvalue weighted by Gasteiger charge is -2.13. The fourth-order valence-electron chi connectivity index (χ4n) is 3.10. The first kappa shape index (κ1) is 23.7. The Balaban J connectivity index is 0.000000186. The van der Waals surface area contributed by atoms with Gasteiger partial charge in [-0.15, -0.1) is 0 Å². The van der Waals surface area contributed by atoms with Gasteiger partial charge in [0.1, 0.15) is 35.9 Å². The molecule has 0 amide bonds. The zero-order chi connectivity index (χ0) is 24.0. The first-order valence-electron chi connectivity index (χ1n) is 9.90. The summed E-state index contributed by atoms with van der Waals surface area (Å²) in [5, 5.41) is 46.1. The molecule has 2 heterocycles. The summed E-state index contributed by atoms with van der Waals surface area (Å²) in [7, 11) is 0. The van der Waals surface area contributed by atoms with Crippen LogP contribution in [0.25, 0.3) is 12.2 Å². The van der Waals surface area contributed by atoms with Crippen LogP contribution in [0, 0.1) is 0 Å². The third-order valence-electron chi connectivity index (χ3n) is 4.73. The molecule has 1 aliphatic rings. The van der Waals surface area contributed by atoms with Gasteiger partial charge in [0.15, 0.2) is 0 Å². The molecule has 1 fully saturated rings. The molecule has 1 saturated heterocycles. The molecule has 7 N–H and O–H groups in total. The van der Waals surface area contributed by atoms with E-state index < -0.39 is 24.1 Å². The van der Waals surface area contributed by atoms with Crippen molar-refractivity contribution in [3.8, 4) is 17.2 Å². The summed E-state index contributed by atoms with van der Waals surface area (Å²) in [6.07, 6.45) is 2.86. The van der Waals surface area contributed by atoms with E-state index in [1.54, 1.807) is 42.5 Å². The highest BCUT2D eigenvalue weighted by Crippen LogP contribution is 2.27. The second-order valence-electron chi connectivity index (χ2n) is 7.23. The highest BCUT2D eigenvalue weighted by atomic mass is 16.5. The van der Waals surface area contributed by atoms with Crippen molar-refractivity contribution in [2.45, 2.75) is 24.9 Å². The lowest BCUT2D eigenvalue weighted by Crippen LogP contribution is -2.28. The van der Waals surface area contributed by atoms with Gasteiger partial charge in [-0.1, -0.05) is 24.3 Å². The molecule has 0 saturated carbocycles. The largest absolute Gasteiger partial charge is 0.508 e. The van der Waals surface area contributed by atoms with Crippen LogP contribution < -0.4 is 11.4 Å². The monoisotopic (exact) mass is 456 g/mol. The second-order valence-corrected chi connectivity index (χ2v) is 7.23. The standard InChI is InChI=1S/C14H12O3.C8H12N4O4/c15-12-5-3-10(4-6-12)1-2-11-7-13(16)9-14(17)8-11;9-7-10-3-12(8(15)11-7)6-1-4(14)5(2-13)16-6/h1-9,15-17H;3-6,13-14H,1-2H2,(H2,9,11,15)/b2-1+;/t;4-,5+,6+/m.0/s1. The number of benzene rings is 2. The van der Waals surface area contributed by atoms with E-state index >= 15 is 0 Å². The van der Waals surface area contributed by atoms with Crippen LogP contribution in [0.1, 0.15) is 23.8 Å². The Bertz CT molecular complexity index is 1140. The average molecular weight is 456 g/mol. The highest BCUT2D eigenvalue weighted by Gasteiger charge is 2.35. The minimum Gasteiger partial charge on any atom is -0.508 e. The molecule has 11 heteroatoms. The molecule has 0 bridgehead atoms. The second kappa shape index (κ2) is 10.6. The summed E-state index contributed by atoms with van der Waals surface area (Å²) >= 11 is 0. The maximum Gasteiger partial charge on any atom is 0.354 e. The van der Waals surface area contributed by atoms with E-state index in [0.29, 0.717) is 5.56 Å². The third kappa shape index (κ3) is 6.53. The van der Waals surface area contributed by atoms with Crippen LogP contribution in [-0.4, -0.2) is 58.9 Å². The van der Waals surface area contributed by atoms with Crippen molar-refractivity contribution < 1.29 is 30.3 Å². The van der Waals surface area contributed by atoms with Gasteiger partial charge < -0.3 is 36.0 Å². The van der Waals surface area contributed by atoms with E-state index in [0.717, 1.165) is 10.1 Å². The van der Waals surface area contributed by atoms with Crippen molar-refractivity contribution in [3.05, 3.63) is 70.4 Å². The number of nitrogen functional groups attached to an aromatic ring is 1. The number of nitrogens with two attached hydrogens (primary N) is 1. The Hall–Kier alpha value is -3.93. The van der Waals surface area contributed by atoms with Gasteiger partial charge in [0.05, 0.1) is 12.7 Å². The van der Waals surface area contributed by atoms with Crippen LogP contribution in [0.3, 0.4) is 0 Å². The van der Waals surface area contributed by atoms with Gasteiger partial charge in [-0.25, -0.2) is 9.78 Å². The first-order valence-corrected chi connectivity index (χ1v) is 9.90. The molecule has 0 spiro atoms. The number of aliphatic hydroxyl groups excluding tert-OH is 2. The molecule has 11 nitrogen and oxygen atoms in total. The van der Waals surface area contributed by atoms with Crippen LogP contribution in [0.2, 0.25) is 0 Å². The zero-order valence-electron chi connectivity index (χ0n) is 17.4. The molecule has 1 aromatic heterocycles. The zero-order valence-corrected chi connectivity index (χ0v) is 17.4. The summed E-state index contributed by atoms with van der Waals surface area (Å²) < 4.78 is 6.41. The summed E-state index contributed by atoms with van der Waals surface area (Å²) in [5.74, 6) is 0.154. The molecule has 174 valence electrons. The van der Waals surface area contributed by atoms with Gasteiger partial charge in [-0.3, -0.25) is 4.57 Å². The summed E-state index contributed by atoms with van der Waals surface area (Å²) in [6, 6.07) is 11.1. The van der Waals surface area contributed by atoms with E-state index in [2.05, 4.69) is 9.97 Å². The average Bonchev–Trinajstić information content (AvgIpc) is 3.13. The number of phenols is 3. The van der Waals surface area contributed by atoms with Crippen LogP contribution in [0.15, 0.2) is 53.6 Å². The van der Waals surface area contributed by atoms with Gasteiger partial charge >= 0.3 is 5.69 Å². The van der Waals surface area contributed by atoms with Crippen molar-refractivity contribution in [3.63, 3.8) is 0 Å². The smallest absolute Gasteiger partial charge is 0.354 e. The molecule has 4 rings (SSSR count). The van der Waals surface area contributed by atoms with Crippen LogP contribution in [0.5, 0.6) is 17.2 Å². The maximum atomic E-state index is 11.4. The van der Waals surface area contributed by atoms with Gasteiger partial charge in [-0.05, 0) is 35.4 Å². The van der Waals surface area contributed by atoms with Crippen LogP contribution >= 0.6 is 0 Å². The van der Waals surface area contributed by atoms with Crippen LogP contribution in [0.4, 0.5) is 5.95 Å². The van der Waals surface area contributed by atoms with Crippen LogP contribution in [-0.2, 0) is 4.74 Å². The molecule has 0 unspecified atom stereocenters. The van der Waals surface area contributed by atoms with Crippen molar-refractivity contribution >= 4 is 18.1 Å². The molecule has 3 atom stereocenters. The lowest BCUT2D eigenvalue weighted by atomic mass is 10.1. The van der Waals surface area contributed by atoms with E-state index in [-0.39, 0.29) is 36.2 Å². The summed E-state index contributed by atoms with van der Waals surface area (Å²) in [5.41, 5.74) is 6.27. The number of phenolic OH excluding ortho intramolecular Hbond substituents is 3. The minimum atomic E-state index is -0.806. The predicted octanol–water partition coefficient (Wildman–Crippen LogP) is 0.835. The minimum absolute atomic E-state index is 0.0235. The number of rotatable bonds is 4. The molecular weight excluding hydrogens is 432 g/mol. The van der Waals surface area contributed by atoms with Gasteiger partial charge in [0, 0.05) is 12.5 Å². The molecule has 33 heavy (non-hydrogen) atoms. The number of aromatic nitrogens is 3. The third-order valence-corrected chi connectivity index (χ3v) is 4.73. The summed E-state index contributed by atoms with van der Waals surface area (Å²) in [4.78, 5) is 18.5. The number of nitrogens with zero attached hydrogens (tertiary/aromatic N) is 3. The first-order chi connectivity index (χ1) is 15.7. The number of hydrogen-bond acceptors (Lipinski definition) is 10. The Kier molecular flexibility index (Phi) is 7.61. The summed E-state index contributed by atoms with van der Waals surface area (Å²) in [6.45, 7) is -0.303. The number of aromatic hydroxyl groups is 3. The number of ether oxygens (including phenoxy) is 1. The van der Waals surface area contributed by atoms with Gasteiger partial charge in [-0.2, -0.15) is 4.98 Å². The molecule has 2 aromatic carbocycles. The lowest BCUT2D eigenvalue weighted by molar-refractivity contribution is -0.0462. The molecule has 0 radical (unpaired) electrons.